The molecule has 0 saturated carbocycles. The average Bonchev–Trinajstić information content (AvgIpc) is 2.54. The number of rotatable bonds is 2. The third kappa shape index (κ3) is 1.77. The first kappa shape index (κ1) is 11.0. The molecule has 1 saturated heterocycles. The van der Waals surface area contributed by atoms with Crippen LogP contribution in [0.5, 0.6) is 0 Å². The van der Waals surface area contributed by atoms with Gasteiger partial charge in [0.25, 0.3) is 0 Å². The van der Waals surface area contributed by atoms with Crippen LogP contribution in [-0.2, 0) is 16.8 Å². The van der Waals surface area contributed by atoms with Gasteiger partial charge in [0.15, 0.2) is 5.60 Å². The minimum atomic E-state index is -0.502. The van der Waals surface area contributed by atoms with Crippen molar-refractivity contribution in [1.29, 1.82) is 0 Å². The summed E-state index contributed by atoms with van der Waals surface area (Å²) < 4.78 is 5.41. The molecule has 0 bridgehead atoms. The lowest BCUT2D eigenvalue weighted by Crippen LogP contribution is -2.27. The highest BCUT2D eigenvalue weighted by Gasteiger charge is 2.40. The molecule has 1 aliphatic rings. The second kappa shape index (κ2) is 3.81. The molecule has 0 aliphatic carbocycles. The number of likely N-dealkylation sites (N-methyl/N-ethyl adjacent to an activating group) is 1. The zero-order chi connectivity index (χ0) is 11.8. The summed E-state index contributed by atoms with van der Waals surface area (Å²) in [6, 6.07) is 8.27. The number of amides is 1. The van der Waals surface area contributed by atoms with Crippen LogP contribution in [0.2, 0.25) is 0 Å². The van der Waals surface area contributed by atoms with Crippen molar-refractivity contribution in [1.82, 2.24) is 4.90 Å². The molecule has 1 aromatic carbocycles. The first-order valence-corrected chi connectivity index (χ1v) is 5.59. The maximum absolute atomic E-state index is 11.4. The van der Waals surface area contributed by atoms with Crippen LogP contribution in [-0.4, -0.2) is 24.6 Å². The molecule has 0 spiro atoms. The Kier molecular flexibility index (Phi) is 2.62. The number of aryl methyl sites for hydroxylation is 1. The van der Waals surface area contributed by atoms with Gasteiger partial charge >= 0.3 is 6.09 Å². The summed E-state index contributed by atoms with van der Waals surface area (Å²) >= 11 is 0. The zero-order valence-corrected chi connectivity index (χ0v) is 9.99. The van der Waals surface area contributed by atoms with E-state index < -0.39 is 5.60 Å². The fourth-order valence-corrected chi connectivity index (χ4v) is 2.06. The van der Waals surface area contributed by atoms with E-state index in [0.717, 1.165) is 12.0 Å². The number of cyclic esters (lactones) is 1. The Morgan fingerprint density at radius 2 is 2.00 bits per heavy atom. The monoisotopic (exact) mass is 219 g/mol. The number of ether oxygens (including phenoxy) is 1. The molecule has 0 N–H and O–H groups in total. The molecule has 16 heavy (non-hydrogen) atoms. The second-order valence-electron chi connectivity index (χ2n) is 4.51. The summed E-state index contributed by atoms with van der Waals surface area (Å²) in [4.78, 5) is 13.0. The Balaban J connectivity index is 2.26. The van der Waals surface area contributed by atoms with Gasteiger partial charge in [0, 0.05) is 7.05 Å². The van der Waals surface area contributed by atoms with E-state index in [2.05, 4.69) is 19.1 Å². The molecule has 86 valence electrons. The van der Waals surface area contributed by atoms with Gasteiger partial charge in [-0.1, -0.05) is 31.2 Å². The number of carbonyl (C=O) groups is 1. The lowest BCUT2D eigenvalue weighted by molar-refractivity contribution is 0.0701. The van der Waals surface area contributed by atoms with Crippen LogP contribution in [0.1, 0.15) is 25.0 Å². The van der Waals surface area contributed by atoms with Crippen LogP contribution in [0.25, 0.3) is 0 Å². The third-order valence-corrected chi connectivity index (χ3v) is 3.14. The molecule has 1 fully saturated rings. The SMILES string of the molecule is CCc1ccc(C2(C)CN(C)C(=O)O2)cc1. The average molecular weight is 219 g/mol. The zero-order valence-electron chi connectivity index (χ0n) is 9.99. The van der Waals surface area contributed by atoms with E-state index in [4.69, 9.17) is 4.74 Å². The van der Waals surface area contributed by atoms with E-state index in [1.807, 2.05) is 19.1 Å². The van der Waals surface area contributed by atoms with Crippen molar-refractivity contribution in [2.75, 3.05) is 13.6 Å². The Labute approximate surface area is 96.0 Å². The van der Waals surface area contributed by atoms with Crippen molar-refractivity contribution in [3.05, 3.63) is 35.4 Å². The maximum Gasteiger partial charge on any atom is 0.410 e. The largest absolute Gasteiger partial charge is 0.436 e. The lowest BCUT2D eigenvalue weighted by atomic mass is 9.95. The van der Waals surface area contributed by atoms with Crippen LogP contribution >= 0.6 is 0 Å². The molecule has 3 heteroatoms. The van der Waals surface area contributed by atoms with Gasteiger partial charge in [-0.05, 0) is 24.5 Å². The fraction of sp³-hybridized carbons (Fsp3) is 0.462. The molecule has 1 unspecified atom stereocenters. The Morgan fingerprint density at radius 1 is 1.38 bits per heavy atom. The molecule has 1 atom stereocenters. The van der Waals surface area contributed by atoms with Gasteiger partial charge < -0.3 is 9.64 Å². The normalized spacial score (nSPS) is 24.7. The van der Waals surface area contributed by atoms with E-state index in [1.54, 1.807) is 11.9 Å². The van der Waals surface area contributed by atoms with Gasteiger partial charge in [0.05, 0.1) is 6.54 Å². The van der Waals surface area contributed by atoms with Crippen molar-refractivity contribution in [3.8, 4) is 0 Å². The van der Waals surface area contributed by atoms with Gasteiger partial charge in [-0.3, -0.25) is 0 Å². The van der Waals surface area contributed by atoms with Crippen LogP contribution in [0, 0.1) is 0 Å². The maximum atomic E-state index is 11.4. The van der Waals surface area contributed by atoms with Gasteiger partial charge in [-0.15, -0.1) is 0 Å². The molecule has 2 rings (SSSR count). The molecule has 1 heterocycles. The van der Waals surface area contributed by atoms with E-state index >= 15 is 0 Å². The standard InChI is InChI=1S/C13H17NO2/c1-4-10-5-7-11(8-6-10)13(2)9-14(3)12(15)16-13/h5-8H,4,9H2,1-3H3. The van der Waals surface area contributed by atoms with Crippen LogP contribution in [0.3, 0.4) is 0 Å². The summed E-state index contributed by atoms with van der Waals surface area (Å²) in [5.41, 5.74) is 1.85. The number of benzene rings is 1. The van der Waals surface area contributed by atoms with Gasteiger partial charge in [-0.2, -0.15) is 0 Å². The van der Waals surface area contributed by atoms with Crippen LogP contribution < -0.4 is 0 Å². The van der Waals surface area contributed by atoms with Crippen molar-refractivity contribution in [2.24, 2.45) is 0 Å². The fourth-order valence-electron chi connectivity index (χ4n) is 2.06. The Morgan fingerprint density at radius 3 is 2.44 bits per heavy atom. The molecule has 1 amide bonds. The molecular weight excluding hydrogens is 202 g/mol. The van der Waals surface area contributed by atoms with E-state index in [-0.39, 0.29) is 6.09 Å². The second-order valence-corrected chi connectivity index (χ2v) is 4.51. The first-order chi connectivity index (χ1) is 7.55. The molecule has 3 nitrogen and oxygen atoms in total. The summed E-state index contributed by atoms with van der Waals surface area (Å²) in [5, 5.41) is 0. The van der Waals surface area contributed by atoms with Crippen molar-refractivity contribution in [2.45, 2.75) is 25.9 Å². The molecule has 0 radical (unpaired) electrons. The summed E-state index contributed by atoms with van der Waals surface area (Å²) in [6.07, 6.45) is 0.776. The topological polar surface area (TPSA) is 29.5 Å². The van der Waals surface area contributed by atoms with Gasteiger partial charge in [0.2, 0.25) is 0 Å². The molecule has 0 aromatic heterocycles. The predicted molar refractivity (Wildman–Crippen MR) is 62.3 cm³/mol. The highest BCUT2D eigenvalue weighted by Crippen LogP contribution is 2.32. The first-order valence-electron chi connectivity index (χ1n) is 5.59. The van der Waals surface area contributed by atoms with Crippen LogP contribution in [0.15, 0.2) is 24.3 Å². The molecule has 1 aromatic rings. The van der Waals surface area contributed by atoms with E-state index in [9.17, 15) is 4.79 Å². The smallest absolute Gasteiger partial charge is 0.410 e. The van der Waals surface area contributed by atoms with Gasteiger partial charge in [0.1, 0.15) is 0 Å². The van der Waals surface area contributed by atoms with Gasteiger partial charge in [-0.25, -0.2) is 4.79 Å². The molecule has 1 aliphatic heterocycles. The highest BCUT2D eigenvalue weighted by molar-refractivity contribution is 5.70. The van der Waals surface area contributed by atoms with E-state index in [1.165, 1.54) is 5.56 Å². The third-order valence-electron chi connectivity index (χ3n) is 3.14. The van der Waals surface area contributed by atoms with Crippen molar-refractivity contribution < 1.29 is 9.53 Å². The summed E-state index contributed by atoms with van der Waals surface area (Å²) in [6.45, 7) is 4.69. The lowest BCUT2D eigenvalue weighted by Gasteiger charge is -2.22. The number of nitrogens with zero attached hydrogens (tertiary/aromatic N) is 1. The quantitative estimate of drug-likeness (QED) is 0.765. The minimum Gasteiger partial charge on any atom is -0.436 e. The Hall–Kier alpha value is -1.51. The number of hydrogen-bond donors (Lipinski definition) is 0. The summed E-state index contributed by atoms with van der Waals surface area (Å²) in [5.74, 6) is 0. The summed E-state index contributed by atoms with van der Waals surface area (Å²) in [7, 11) is 1.76. The van der Waals surface area contributed by atoms with E-state index in [0.29, 0.717) is 6.54 Å². The number of hydrogen-bond acceptors (Lipinski definition) is 2. The minimum absolute atomic E-state index is 0.248. The predicted octanol–water partition coefficient (Wildman–Crippen LogP) is 2.55. The van der Waals surface area contributed by atoms with Crippen molar-refractivity contribution >= 4 is 6.09 Å². The van der Waals surface area contributed by atoms with Crippen molar-refractivity contribution in [3.63, 3.8) is 0 Å². The number of carbonyl (C=O) groups excluding carboxylic acids is 1. The molecular formula is C13H17NO2. The van der Waals surface area contributed by atoms with Crippen LogP contribution in [0.4, 0.5) is 4.79 Å². The Bertz CT molecular complexity index is 399. The highest BCUT2D eigenvalue weighted by atomic mass is 16.6.